The SMILES string of the molecule is Fc1ccc(Oc2cc(-c3cc(Oc4ccc(F)cc4)c4ccccc4n3)nc3ccccc23)cc1. The summed E-state index contributed by atoms with van der Waals surface area (Å²) in [5, 5.41) is 1.63. The lowest BCUT2D eigenvalue weighted by Gasteiger charge is -2.13. The third-order valence-electron chi connectivity index (χ3n) is 5.70. The molecule has 0 fully saturated rings. The van der Waals surface area contributed by atoms with Crippen molar-refractivity contribution in [2.75, 3.05) is 0 Å². The van der Waals surface area contributed by atoms with Crippen molar-refractivity contribution in [3.05, 3.63) is 121 Å². The second-order valence-corrected chi connectivity index (χ2v) is 8.16. The predicted molar refractivity (Wildman–Crippen MR) is 135 cm³/mol. The highest BCUT2D eigenvalue weighted by molar-refractivity contribution is 5.91. The number of nitrogens with zero attached hydrogens (tertiary/aromatic N) is 2. The van der Waals surface area contributed by atoms with Crippen LogP contribution in [0.3, 0.4) is 0 Å². The summed E-state index contributed by atoms with van der Waals surface area (Å²) in [6.45, 7) is 0. The number of ether oxygens (including phenoxy) is 2. The van der Waals surface area contributed by atoms with Gasteiger partial charge in [0.25, 0.3) is 0 Å². The zero-order valence-electron chi connectivity index (χ0n) is 18.9. The molecule has 0 radical (unpaired) electrons. The van der Waals surface area contributed by atoms with Crippen LogP contribution in [0.4, 0.5) is 8.78 Å². The lowest BCUT2D eigenvalue weighted by Crippen LogP contribution is -1.95. The zero-order chi connectivity index (χ0) is 24.5. The summed E-state index contributed by atoms with van der Waals surface area (Å²) in [7, 11) is 0. The molecule has 0 spiro atoms. The molecule has 6 heteroatoms. The summed E-state index contributed by atoms with van der Waals surface area (Å²) < 4.78 is 39.1. The van der Waals surface area contributed by atoms with Gasteiger partial charge in [-0.05, 0) is 72.8 Å². The average Bonchev–Trinajstić information content (AvgIpc) is 2.91. The minimum atomic E-state index is -0.336. The molecule has 2 heterocycles. The summed E-state index contributed by atoms with van der Waals surface area (Å²) in [6.07, 6.45) is 0. The first-order valence-corrected chi connectivity index (χ1v) is 11.3. The number of halogens is 2. The molecule has 0 aliphatic heterocycles. The van der Waals surface area contributed by atoms with Crippen molar-refractivity contribution in [3.63, 3.8) is 0 Å². The van der Waals surface area contributed by atoms with Gasteiger partial charge in [0.2, 0.25) is 0 Å². The van der Waals surface area contributed by atoms with Gasteiger partial charge in [0.1, 0.15) is 34.6 Å². The highest BCUT2D eigenvalue weighted by Gasteiger charge is 2.14. The minimum absolute atomic E-state index is 0.336. The lowest BCUT2D eigenvalue weighted by atomic mass is 10.1. The number of fused-ring (bicyclic) bond motifs is 2. The Kier molecular flexibility index (Phi) is 5.46. The molecular formula is C30H18F2N2O2. The molecule has 6 rings (SSSR count). The molecule has 2 aromatic heterocycles. The Morgan fingerprint density at radius 2 is 0.861 bits per heavy atom. The van der Waals surface area contributed by atoms with E-state index in [0.717, 1.165) is 21.8 Å². The minimum Gasteiger partial charge on any atom is -0.457 e. The van der Waals surface area contributed by atoms with Gasteiger partial charge in [0.05, 0.1) is 22.4 Å². The number of hydrogen-bond acceptors (Lipinski definition) is 4. The van der Waals surface area contributed by atoms with E-state index in [1.54, 1.807) is 24.3 Å². The highest BCUT2D eigenvalue weighted by Crippen LogP contribution is 2.36. The van der Waals surface area contributed by atoms with E-state index in [1.165, 1.54) is 24.3 Å². The smallest absolute Gasteiger partial charge is 0.139 e. The maximum absolute atomic E-state index is 13.4. The van der Waals surface area contributed by atoms with E-state index in [0.29, 0.717) is 34.4 Å². The Bertz CT molecular complexity index is 1570. The van der Waals surface area contributed by atoms with Gasteiger partial charge in [0.15, 0.2) is 0 Å². The first-order valence-electron chi connectivity index (χ1n) is 11.3. The van der Waals surface area contributed by atoms with Crippen molar-refractivity contribution < 1.29 is 18.3 Å². The summed E-state index contributed by atoms with van der Waals surface area (Å²) in [5.74, 6) is 1.47. The second-order valence-electron chi connectivity index (χ2n) is 8.16. The Balaban J connectivity index is 1.49. The molecule has 4 nitrogen and oxygen atoms in total. The molecule has 36 heavy (non-hydrogen) atoms. The largest absolute Gasteiger partial charge is 0.457 e. The van der Waals surface area contributed by atoms with Crippen LogP contribution in [0.5, 0.6) is 23.0 Å². The third kappa shape index (κ3) is 4.32. The van der Waals surface area contributed by atoms with Crippen molar-refractivity contribution in [1.29, 1.82) is 0 Å². The van der Waals surface area contributed by atoms with Gasteiger partial charge in [0, 0.05) is 22.9 Å². The molecule has 0 unspecified atom stereocenters. The lowest BCUT2D eigenvalue weighted by molar-refractivity contribution is 0.485. The quantitative estimate of drug-likeness (QED) is 0.251. The predicted octanol–water partition coefficient (Wildman–Crippen LogP) is 8.31. The molecule has 0 aliphatic carbocycles. The summed E-state index contributed by atoms with van der Waals surface area (Å²) in [4.78, 5) is 9.64. The summed E-state index contributed by atoms with van der Waals surface area (Å²) in [5.41, 5.74) is 2.62. The Hall–Kier alpha value is -4.84. The second kappa shape index (κ2) is 9.07. The van der Waals surface area contributed by atoms with Gasteiger partial charge < -0.3 is 9.47 Å². The maximum atomic E-state index is 13.4. The van der Waals surface area contributed by atoms with E-state index < -0.39 is 0 Å². The van der Waals surface area contributed by atoms with Crippen molar-refractivity contribution >= 4 is 21.8 Å². The van der Waals surface area contributed by atoms with Crippen LogP contribution in [0.25, 0.3) is 33.2 Å². The van der Waals surface area contributed by atoms with Crippen LogP contribution in [0, 0.1) is 11.6 Å². The molecule has 0 atom stereocenters. The molecule has 0 N–H and O–H groups in total. The van der Waals surface area contributed by atoms with Crippen molar-refractivity contribution in [2.24, 2.45) is 0 Å². The number of pyridine rings is 2. The fourth-order valence-corrected chi connectivity index (χ4v) is 3.98. The zero-order valence-corrected chi connectivity index (χ0v) is 18.9. The van der Waals surface area contributed by atoms with Crippen LogP contribution in [0.15, 0.2) is 109 Å². The van der Waals surface area contributed by atoms with Crippen LogP contribution in [-0.2, 0) is 0 Å². The van der Waals surface area contributed by atoms with Gasteiger partial charge in [-0.3, -0.25) is 0 Å². The van der Waals surface area contributed by atoms with Crippen LogP contribution < -0.4 is 9.47 Å². The fraction of sp³-hybridized carbons (Fsp3) is 0. The van der Waals surface area contributed by atoms with E-state index in [1.807, 2.05) is 60.7 Å². The standard InChI is InChI=1S/C30H18F2N2O2/c31-19-9-13-21(14-10-19)35-29-17-27(33-25-7-3-1-5-23(25)29)28-18-30(24-6-2-4-8-26(24)34-28)36-22-15-11-20(32)12-16-22/h1-18H. The van der Waals surface area contributed by atoms with E-state index in [-0.39, 0.29) is 11.6 Å². The molecule has 6 aromatic rings. The molecule has 0 aliphatic rings. The fourth-order valence-electron chi connectivity index (χ4n) is 3.98. The van der Waals surface area contributed by atoms with Gasteiger partial charge >= 0.3 is 0 Å². The molecule has 4 aromatic carbocycles. The van der Waals surface area contributed by atoms with Crippen LogP contribution in [0.2, 0.25) is 0 Å². The van der Waals surface area contributed by atoms with E-state index in [9.17, 15) is 8.78 Å². The summed E-state index contributed by atoms with van der Waals surface area (Å²) >= 11 is 0. The molecular weight excluding hydrogens is 458 g/mol. The van der Waals surface area contributed by atoms with Crippen molar-refractivity contribution in [1.82, 2.24) is 9.97 Å². The number of hydrogen-bond donors (Lipinski definition) is 0. The monoisotopic (exact) mass is 476 g/mol. The molecule has 0 amide bonds. The van der Waals surface area contributed by atoms with Crippen molar-refractivity contribution in [3.8, 4) is 34.4 Å². The van der Waals surface area contributed by atoms with Crippen LogP contribution in [0.1, 0.15) is 0 Å². The summed E-state index contributed by atoms with van der Waals surface area (Å²) in [6, 6.07) is 30.6. The Morgan fingerprint density at radius 1 is 0.472 bits per heavy atom. The third-order valence-corrected chi connectivity index (χ3v) is 5.70. The molecule has 0 bridgehead atoms. The number of para-hydroxylation sites is 2. The Morgan fingerprint density at radius 3 is 1.28 bits per heavy atom. The van der Waals surface area contributed by atoms with E-state index in [4.69, 9.17) is 19.4 Å². The molecule has 174 valence electrons. The van der Waals surface area contributed by atoms with E-state index >= 15 is 0 Å². The molecule has 0 saturated carbocycles. The normalized spacial score (nSPS) is 11.1. The van der Waals surface area contributed by atoms with E-state index in [2.05, 4.69) is 0 Å². The highest BCUT2D eigenvalue weighted by atomic mass is 19.1. The molecule has 0 saturated heterocycles. The van der Waals surface area contributed by atoms with Gasteiger partial charge in [-0.2, -0.15) is 0 Å². The Labute approximate surface area is 205 Å². The topological polar surface area (TPSA) is 44.2 Å². The number of benzene rings is 4. The van der Waals surface area contributed by atoms with Crippen LogP contribution in [-0.4, -0.2) is 9.97 Å². The average molecular weight is 476 g/mol. The first-order chi connectivity index (χ1) is 17.6. The van der Waals surface area contributed by atoms with Crippen LogP contribution >= 0.6 is 0 Å². The number of aromatic nitrogens is 2. The maximum Gasteiger partial charge on any atom is 0.139 e. The van der Waals surface area contributed by atoms with Gasteiger partial charge in [-0.15, -0.1) is 0 Å². The first kappa shape index (κ1) is 21.7. The number of rotatable bonds is 5. The van der Waals surface area contributed by atoms with Gasteiger partial charge in [-0.25, -0.2) is 18.7 Å². The van der Waals surface area contributed by atoms with Crippen molar-refractivity contribution in [2.45, 2.75) is 0 Å². The van der Waals surface area contributed by atoms with Gasteiger partial charge in [-0.1, -0.05) is 24.3 Å².